The van der Waals surface area contributed by atoms with Gasteiger partial charge in [0.1, 0.15) is 22.9 Å². The van der Waals surface area contributed by atoms with Crippen molar-refractivity contribution in [2.45, 2.75) is 58.1 Å². The number of imidazole rings is 1. The summed E-state index contributed by atoms with van der Waals surface area (Å²) in [7, 11) is 0. The standard InChI is InChI=1S/C26H25ClF4N4O2.ClH/c1-15-24(35-13-18(27)2-7-23(35)33-15)25(36)32-12-16-10-17-8-9-34(14-21(17)22(28)11-16)19-3-5-20(6-4-19)37-26(29,30)31;/h2,5,7,10-11,13,19H,3-4,6,8-9,12,14H2,1H3,(H,32,36);1H. The number of halogens is 6. The summed E-state index contributed by atoms with van der Waals surface area (Å²) in [4.78, 5) is 19.4. The summed E-state index contributed by atoms with van der Waals surface area (Å²) in [6.07, 6.45) is 0.207. The van der Waals surface area contributed by atoms with E-state index in [2.05, 4.69) is 19.9 Å². The minimum absolute atomic E-state index is 0. The molecule has 0 fully saturated rings. The first-order chi connectivity index (χ1) is 17.6. The predicted octanol–water partition coefficient (Wildman–Crippen LogP) is 6.12. The first-order valence-corrected chi connectivity index (χ1v) is 12.4. The van der Waals surface area contributed by atoms with E-state index in [1.807, 2.05) is 6.07 Å². The molecule has 0 bridgehead atoms. The maximum absolute atomic E-state index is 15.1. The van der Waals surface area contributed by atoms with Crippen LogP contribution in [0.25, 0.3) is 5.65 Å². The molecule has 5 rings (SSSR count). The monoisotopic (exact) mass is 572 g/mol. The Morgan fingerprint density at radius 3 is 2.76 bits per heavy atom. The lowest BCUT2D eigenvalue weighted by Gasteiger charge is -2.37. The minimum atomic E-state index is -4.68. The summed E-state index contributed by atoms with van der Waals surface area (Å²) in [5.41, 5.74) is 3.66. The molecule has 1 aliphatic carbocycles. The second-order valence-electron chi connectivity index (χ2n) is 9.39. The lowest BCUT2D eigenvalue weighted by Crippen LogP contribution is -2.40. The Labute approximate surface area is 228 Å². The maximum atomic E-state index is 15.1. The van der Waals surface area contributed by atoms with Gasteiger partial charge >= 0.3 is 6.36 Å². The summed E-state index contributed by atoms with van der Waals surface area (Å²) >= 11 is 6.08. The fourth-order valence-electron chi connectivity index (χ4n) is 5.16. The summed E-state index contributed by atoms with van der Waals surface area (Å²) in [5, 5.41) is 3.33. The van der Waals surface area contributed by atoms with Crippen molar-refractivity contribution in [3.8, 4) is 0 Å². The number of nitrogens with zero attached hydrogens (tertiary/aromatic N) is 3. The average molecular weight is 573 g/mol. The topological polar surface area (TPSA) is 58.9 Å². The van der Waals surface area contributed by atoms with Crippen molar-refractivity contribution in [1.29, 1.82) is 0 Å². The number of pyridine rings is 1. The van der Waals surface area contributed by atoms with Gasteiger partial charge in [0, 0.05) is 43.9 Å². The summed E-state index contributed by atoms with van der Waals surface area (Å²) in [6, 6.07) is 6.80. The van der Waals surface area contributed by atoms with Gasteiger partial charge in [-0.25, -0.2) is 9.37 Å². The zero-order valence-electron chi connectivity index (χ0n) is 20.4. The van der Waals surface area contributed by atoms with Crippen LogP contribution in [0.15, 0.2) is 42.3 Å². The highest BCUT2D eigenvalue weighted by Gasteiger charge is 2.34. The van der Waals surface area contributed by atoms with Crippen LogP contribution in [0.3, 0.4) is 0 Å². The molecular weight excluding hydrogens is 547 g/mol. The smallest absolute Gasteiger partial charge is 0.411 e. The Hall–Kier alpha value is -2.82. The quantitative estimate of drug-likeness (QED) is 0.374. The molecule has 1 atom stereocenters. The van der Waals surface area contributed by atoms with Gasteiger partial charge in [-0.2, -0.15) is 0 Å². The van der Waals surface area contributed by atoms with Crippen LogP contribution in [0.2, 0.25) is 5.02 Å². The lowest BCUT2D eigenvalue weighted by atomic mass is 9.92. The van der Waals surface area contributed by atoms with Gasteiger partial charge in [-0.15, -0.1) is 25.6 Å². The number of aryl methyl sites for hydroxylation is 1. The second-order valence-corrected chi connectivity index (χ2v) is 9.82. The molecule has 1 amide bonds. The number of amides is 1. The Morgan fingerprint density at radius 1 is 1.26 bits per heavy atom. The molecule has 0 saturated heterocycles. The first-order valence-electron chi connectivity index (χ1n) is 12.0. The Bertz CT molecular complexity index is 1390. The Morgan fingerprint density at radius 2 is 2.05 bits per heavy atom. The van der Waals surface area contributed by atoms with Crippen molar-refractivity contribution in [1.82, 2.24) is 19.6 Å². The van der Waals surface area contributed by atoms with Crippen LogP contribution in [-0.4, -0.2) is 39.1 Å². The van der Waals surface area contributed by atoms with Gasteiger partial charge in [0.05, 0.1) is 10.7 Å². The van der Waals surface area contributed by atoms with Crippen LogP contribution < -0.4 is 5.32 Å². The lowest BCUT2D eigenvalue weighted by molar-refractivity contribution is -0.307. The molecule has 12 heteroatoms. The van der Waals surface area contributed by atoms with Gasteiger partial charge in [-0.3, -0.25) is 14.1 Å². The van der Waals surface area contributed by atoms with Crippen molar-refractivity contribution in [3.63, 3.8) is 0 Å². The molecule has 2 aromatic heterocycles. The molecule has 6 nitrogen and oxygen atoms in total. The minimum Gasteiger partial charge on any atom is -0.411 e. The molecule has 0 radical (unpaired) electrons. The number of hydrogen-bond acceptors (Lipinski definition) is 4. The normalized spacial score (nSPS) is 17.9. The third kappa shape index (κ3) is 6.08. The fourth-order valence-corrected chi connectivity index (χ4v) is 5.32. The highest BCUT2D eigenvalue weighted by atomic mass is 35.5. The highest BCUT2D eigenvalue weighted by molar-refractivity contribution is 6.30. The van der Waals surface area contributed by atoms with E-state index in [1.165, 1.54) is 12.1 Å². The van der Waals surface area contributed by atoms with E-state index in [-0.39, 0.29) is 48.9 Å². The maximum Gasteiger partial charge on any atom is 0.572 e. The van der Waals surface area contributed by atoms with Gasteiger partial charge in [0.25, 0.3) is 5.91 Å². The first kappa shape index (κ1) is 28.2. The van der Waals surface area contributed by atoms with E-state index in [0.717, 1.165) is 5.56 Å². The number of ether oxygens (including phenoxy) is 1. The van der Waals surface area contributed by atoms with Gasteiger partial charge in [-0.05, 0) is 61.6 Å². The van der Waals surface area contributed by atoms with Crippen LogP contribution in [-0.2, 0) is 24.2 Å². The van der Waals surface area contributed by atoms with Crippen molar-refractivity contribution in [2.24, 2.45) is 0 Å². The zero-order valence-corrected chi connectivity index (χ0v) is 22.0. The molecule has 0 saturated carbocycles. The van der Waals surface area contributed by atoms with Crippen LogP contribution in [0, 0.1) is 12.7 Å². The number of carbonyl (C=O) groups is 1. The molecular formula is C26H26Cl2F4N4O2. The van der Waals surface area contributed by atoms with Gasteiger partial charge in [-0.1, -0.05) is 17.7 Å². The molecule has 0 spiro atoms. The van der Waals surface area contributed by atoms with E-state index in [9.17, 15) is 18.0 Å². The molecule has 1 aliphatic heterocycles. The molecule has 1 N–H and O–H groups in total. The Kier molecular flexibility index (Phi) is 8.25. The SMILES string of the molecule is Cc1nc2ccc(Cl)cn2c1C(=O)NCc1cc(F)c2c(c1)CCN(C1CC=C(OC(F)(F)F)CC1)C2.Cl. The predicted molar refractivity (Wildman–Crippen MR) is 137 cm³/mol. The molecule has 2 aliphatic rings. The number of rotatable bonds is 5. The van der Waals surface area contributed by atoms with Gasteiger partial charge in [0.15, 0.2) is 0 Å². The zero-order chi connectivity index (χ0) is 26.3. The van der Waals surface area contributed by atoms with E-state index in [1.54, 1.807) is 29.7 Å². The van der Waals surface area contributed by atoms with E-state index >= 15 is 4.39 Å². The largest absolute Gasteiger partial charge is 0.572 e. The molecule has 1 aromatic carbocycles. The third-order valence-electron chi connectivity index (χ3n) is 6.91. The van der Waals surface area contributed by atoms with E-state index < -0.39 is 6.36 Å². The number of alkyl halides is 3. The van der Waals surface area contributed by atoms with Crippen molar-refractivity contribution >= 4 is 35.6 Å². The molecule has 3 heterocycles. The average Bonchev–Trinajstić information content (AvgIpc) is 3.17. The van der Waals surface area contributed by atoms with Crippen LogP contribution >= 0.6 is 24.0 Å². The summed E-state index contributed by atoms with van der Waals surface area (Å²) in [5.74, 6) is -0.742. The third-order valence-corrected chi connectivity index (χ3v) is 7.13. The van der Waals surface area contributed by atoms with Crippen molar-refractivity contribution < 1.29 is 27.1 Å². The van der Waals surface area contributed by atoms with Crippen molar-refractivity contribution in [2.75, 3.05) is 6.54 Å². The van der Waals surface area contributed by atoms with Gasteiger partial charge in [0.2, 0.25) is 0 Å². The summed E-state index contributed by atoms with van der Waals surface area (Å²) in [6.45, 7) is 2.96. The number of hydrogen-bond donors (Lipinski definition) is 1. The molecule has 38 heavy (non-hydrogen) atoms. The second kappa shape index (κ2) is 11.1. The number of allylic oxidation sites excluding steroid dienone is 1. The Balaban J connectivity index is 0.00000336. The van der Waals surface area contributed by atoms with Crippen LogP contribution in [0.5, 0.6) is 0 Å². The number of carbonyl (C=O) groups excluding carboxylic acids is 1. The van der Waals surface area contributed by atoms with Gasteiger partial charge < -0.3 is 10.1 Å². The highest BCUT2D eigenvalue weighted by Crippen LogP contribution is 2.32. The number of fused-ring (bicyclic) bond motifs is 2. The molecule has 1 unspecified atom stereocenters. The van der Waals surface area contributed by atoms with Crippen LogP contribution in [0.4, 0.5) is 17.6 Å². The van der Waals surface area contributed by atoms with E-state index in [4.69, 9.17) is 11.6 Å². The number of benzene rings is 1. The van der Waals surface area contributed by atoms with Crippen LogP contribution in [0.1, 0.15) is 52.1 Å². The molecule has 3 aromatic rings. The number of nitrogens with one attached hydrogen (secondary N) is 1. The van der Waals surface area contributed by atoms with Crippen molar-refractivity contribution in [3.05, 3.63) is 81.2 Å². The summed E-state index contributed by atoms with van der Waals surface area (Å²) < 4.78 is 58.1. The fraction of sp³-hybridized carbons (Fsp3) is 0.385. The van der Waals surface area contributed by atoms with E-state index in [0.29, 0.717) is 65.5 Å². The molecule has 204 valence electrons. The number of aromatic nitrogens is 2.